The Bertz CT molecular complexity index is 1120. The summed E-state index contributed by atoms with van der Waals surface area (Å²) in [5, 5.41) is 7.82. The van der Waals surface area contributed by atoms with Gasteiger partial charge < -0.3 is 9.15 Å². The van der Waals surface area contributed by atoms with Crippen LogP contribution in [-0.4, -0.2) is 20.0 Å². The lowest BCUT2D eigenvalue weighted by Gasteiger charge is -2.06. The minimum absolute atomic E-state index is 0.385. The fourth-order valence-electron chi connectivity index (χ4n) is 4.07. The molecule has 0 N–H and O–H groups in total. The molecule has 2 aromatic heterocycles. The van der Waals surface area contributed by atoms with Crippen molar-refractivity contribution in [2.24, 2.45) is 0 Å². The Hall–Kier alpha value is -3.41. The Morgan fingerprint density at radius 3 is 2.66 bits per heavy atom. The molecule has 2 heterocycles. The standard InChI is InChI=1S/C26H28N4O2/c1-19-5-9-21(10-6-19)24-16-25(24)26-28-22(18-32-26)17-31-23-11-7-20(8-12-23)4-2-3-14-30-15-13-27-29-30/h5-13,15,18,24-25H,2-4,14,16-17H2,1H3. The van der Waals surface area contributed by atoms with E-state index in [1.807, 2.05) is 23.0 Å². The Kier molecular flexibility index (Phi) is 6.01. The first-order chi connectivity index (χ1) is 15.7. The quantitative estimate of drug-likeness (QED) is 0.314. The molecule has 1 aliphatic carbocycles. The second kappa shape index (κ2) is 9.39. The van der Waals surface area contributed by atoms with E-state index in [9.17, 15) is 0 Å². The van der Waals surface area contributed by atoms with Gasteiger partial charge in [-0.2, -0.15) is 0 Å². The lowest BCUT2D eigenvalue weighted by atomic mass is 10.1. The summed E-state index contributed by atoms with van der Waals surface area (Å²) < 4.78 is 13.5. The van der Waals surface area contributed by atoms with E-state index in [-0.39, 0.29) is 0 Å². The fourth-order valence-corrected chi connectivity index (χ4v) is 4.07. The van der Waals surface area contributed by atoms with Gasteiger partial charge in [0.15, 0.2) is 5.89 Å². The highest BCUT2D eigenvalue weighted by Crippen LogP contribution is 2.54. The number of aryl methyl sites for hydroxylation is 3. The van der Waals surface area contributed by atoms with Crippen LogP contribution < -0.4 is 4.74 Å². The topological polar surface area (TPSA) is 66.0 Å². The van der Waals surface area contributed by atoms with Gasteiger partial charge in [0.05, 0.1) is 6.20 Å². The number of hydrogen-bond acceptors (Lipinski definition) is 5. The fraction of sp³-hybridized carbons (Fsp3) is 0.346. The van der Waals surface area contributed by atoms with Crippen molar-refractivity contribution in [3.8, 4) is 5.75 Å². The number of aromatic nitrogens is 4. The minimum atomic E-state index is 0.385. The Labute approximate surface area is 188 Å². The van der Waals surface area contributed by atoms with Crippen LogP contribution >= 0.6 is 0 Å². The summed E-state index contributed by atoms with van der Waals surface area (Å²) in [4.78, 5) is 4.67. The molecule has 5 rings (SSSR count). The van der Waals surface area contributed by atoms with Crippen molar-refractivity contribution >= 4 is 0 Å². The number of benzene rings is 2. The average molecular weight is 429 g/mol. The molecule has 0 radical (unpaired) electrons. The molecule has 4 aromatic rings. The number of hydrogen-bond donors (Lipinski definition) is 0. The van der Waals surface area contributed by atoms with E-state index in [1.54, 1.807) is 12.5 Å². The predicted molar refractivity (Wildman–Crippen MR) is 122 cm³/mol. The predicted octanol–water partition coefficient (Wildman–Crippen LogP) is 5.45. The highest BCUT2D eigenvalue weighted by atomic mass is 16.5. The van der Waals surface area contributed by atoms with E-state index in [1.165, 1.54) is 16.7 Å². The molecule has 1 fully saturated rings. The third-order valence-electron chi connectivity index (χ3n) is 6.07. The van der Waals surface area contributed by atoms with Crippen LogP contribution in [0.25, 0.3) is 0 Å². The number of ether oxygens (including phenoxy) is 1. The number of rotatable bonds is 10. The highest BCUT2D eigenvalue weighted by molar-refractivity contribution is 5.33. The Balaban J connectivity index is 1.06. The maximum Gasteiger partial charge on any atom is 0.198 e. The van der Waals surface area contributed by atoms with Crippen molar-refractivity contribution in [1.29, 1.82) is 0 Å². The second-order valence-electron chi connectivity index (χ2n) is 8.59. The van der Waals surface area contributed by atoms with Crippen LogP contribution in [0.4, 0.5) is 0 Å². The van der Waals surface area contributed by atoms with E-state index in [4.69, 9.17) is 9.15 Å². The Morgan fingerprint density at radius 1 is 1.03 bits per heavy atom. The molecule has 0 amide bonds. The molecule has 1 aliphatic rings. The van der Waals surface area contributed by atoms with Gasteiger partial charge in [0.25, 0.3) is 0 Å². The minimum Gasteiger partial charge on any atom is -0.487 e. The van der Waals surface area contributed by atoms with Crippen molar-refractivity contribution in [2.45, 2.75) is 57.6 Å². The van der Waals surface area contributed by atoms with Crippen LogP contribution in [0.5, 0.6) is 5.75 Å². The van der Waals surface area contributed by atoms with Crippen LogP contribution in [-0.2, 0) is 19.6 Å². The molecule has 2 aromatic carbocycles. The number of unbranched alkanes of at least 4 members (excludes halogenated alkanes) is 1. The molecule has 0 bridgehead atoms. The summed E-state index contributed by atoms with van der Waals surface area (Å²) in [6.07, 6.45) is 9.69. The third-order valence-corrected chi connectivity index (χ3v) is 6.07. The van der Waals surface area contributed by atoms with E-state index < -0.39 is 0 Å². The summed E-state index contributed by atoms with van der Waals surface area (Å²) in [5.74, 6) is 2.59. The van der Waals surface area contributed by atoms with Gasteiger partial charge in [0.2, 0.25) is 0 Å². The van der Waals surface area contributed by atoms with E-state index >= 15 is 0 Å². The van der Waals surface area contributed by atoms with Gasteiger partial charge in [-0.25, -0.2) is 4.98 Å². The normalized spacial score (nSPS) is 17.4. The summed E-state index contributed by atoms with van der Waals surface area (Å²) >= 11 is 0. The number of oxazole rings is 1. The van der Waals surface area contributed by atoms with Gasteiger partial charge in [-0.05, 0) is 61.8 Å². The molecule has 32 heavy (non-hydrogen) atoms. The first-order valence-electron chi connectivity index (χ1n) is 11.3. The van der Waals surface area contributed by atoms with Gasteiger partial charge in [-0.3, -0.25) is 4.68 Å². The van der Waals surface area contributed by atoms with E-state index in [0.29, 0.717) is 18.4 Å². The van der Waals surface area contributed by atoms with Crippen LogP contribution in [0.15, 0.2) is 71.6 Å². The molecule has 2 unspecified atom stereocenters. The van der Waals surface area contributed by atoms with Gasteiger partial charge in [-0.1, -0.05) is 47.2 Å². The summed E-state index contributed by atoms with van der Waals surface area (Å²) in [5.41, 5.74) is 4.81. The van der Waals surface area contributed by atoms with Crippen molar-refractivity contribution in [2.75, 3.05) is 0 Å². The number of nitrogens with zero attached hydrogens (tertiary/aromatic N) is 4. The first-order valence-corrected chi connectivity index (χ1v) is 11.3. The van der Waals surface area contributed by atoms with Gasteiger partial charge in [-0.15, -0.1) is 5.10 Å². The van der Waals surface area contributed by atoms with Crippen LogP contribution in [0.2, 0.25) is 0 Å². The summed E-state index contributed by atoms with van der Waals surface area (Å²) in [7, 11) is 0. The Morgan fingerprint density at radius 2 is 1.88 bits per heavy atom. The third kappa shape index (κ3) is 5.07. The molecule has 1 saturated carbocycles. The van der Waals surface area contributed by atoms with Crippen LogP contribution in [0.3, 0.4) is 0 Å². The van der Waals surface area contributed by atoms with Crippen molar-refractivity contribution in [3.63, 3.8) is 0 Å². The zero-order valence-electron chi connectivity index (χ0n) is 18.4. The lowest BCUT2D eigenvalue weighted by Crippen LogP contribution is -1.99. The van der Waals surface area contributed by atoms with E-state index in [0.717, 1.165) is 49.6 Å². The average Bonchev–Trinajstić information content (AvgIpc) is 3.20. The smallest absolute Gasteiger partial charge is 0.198 e. The van der Waals surface area contributed by atoms with E-state index in [2.05, 4.69) is 58.6 Å². The van der Waals surface area contributed by atoms with Crippen molar-refractivity contribution in [3.05, 3.63) is 95.5 Å². The molecule has 6 heteroatoms. The SMILES string of the molecule is Cc1ccc(C2CC2c2nc(COc3ccc(CCCCn4ccnn4)cc3)co2)cc1. The lowest BCUT2D eigenvalue weighted by molar-refractivity contribution is 0.301. The largest absolute Gasteiger partial charge is 0.487 e. The monoisotopic (exact) mass is 428 g/mol. The van der Waals surface area contributed by atoms with Gasteiger partial charge >= 0.3 is 0 Å². The zero-order chi connectivity index (χ0) is 21.8. The second-order valence-corrected chi connectivity index (χ2v) is 8.59. The van der Waals surface area contributed by atoms with Gasteiger partial charge in [0.1, 0.15) is 24.3 Å². The van der Waals surface area contributed by atoms with Crippen molar-refractivity contribution in [1.82, 2.24) is 20.0 Å². The summed E-state index contributed by atoms with van der Waals surface area (Å²) in [6, 6.07) is 17.1. The molecular weight excluding hydrogens is 400 g/mol. The molecule has 164 valence electrons. The molecule has 0 spiro atoms. The molecular formula is C26H28N4O2. The molecule has 0 saturated heterocycles. The van der Waals surface area contributed by atoms with Crippen molar-refractivity contribution < 1.29 is 9.15 Å². The molecule has 2 atom stereocenters. The highest BCUT2D eigenvalue weighted by Gasteiger charge is 2.43. The van der Waals surface area contributed by atoms with Crippen LogP contribution in [0.1, 0.15) is 59.4 Å². The first kappa shape index (κ1) is 20.5. The zero-order valence-corrected chi connectivity index (χ0v) is 18.4. The maximum atomic E-state index is 5.92. The maximum absolute atomic E-state index is 5.92. The molecule has 6 nitrogen and oxygen atoms in total. The summed E-state index contributed by atoms with van der Waals surface area (Å²) in [6.45, 7) is 3.45. The van der Waals surface area contributed by atoms with Crippen LogP contribution in [0, 0.1) is 6.92 Å². The molecule has 0 aliphatic heterocycles. The van der Waals surface area contributed by atoms with Gasteiger partial charge in [0, 0.05) is 18.7 Å².